The average molecular weight is 294 g/mol. The summed E-state index contributed by atoms with van der Waals surface area (Å²) in [5.41, 5.74) is 1.21. The Morgan fingerprint density at radius 1 is 1.29 bits per heavy atom. The molecule has 0 spiro atoms. The Labute approximate surface area is 121 Å². The van der Waals surface area contributed by atoms with Crippen molar-refractivity contribution in [3.05, 3.63) is 52.4 Å². The van der Waals surface area contributed by atoms with E-state index in [9.17, 15) is 13.6 Å². The zero-order chi connectivity index (χ0) is 15.6. The quantitative estimate of drug-likeness (QED) is 0.941. The van der Waals surface area contributed by atoms with Crippen LogP contribution in [0.4, 0.5) is 8.78 Å². The first-order valence-electron chi connectivity index (χ1n) is 6.57. The number of amides is 1. The van der Waals surface area contributed by atoms with Gasteiger partial charge in [-0.2, -0.15) is 0 Å². The first-order chi connectivity index (χ1) is 9.88. The number of rotatable bonds is 4. The summed E-state index contributed by atoms with van der Waals surface area (Å²) < 4.78 is 31.3. The zero-order valence-corrected chi connectivity index (χ0v) is 12.0. The van der Waals surface area contributed by atoms with E-state index in [1.807, 2.05) is 13.8 Å². The molecule has 0 bridgehead atoms. The molecule has 0 aliphatic carbocycles. The number of aryl methyl sites for hydroxylation is 1. The van der Waals surface area contributed by atoms with Crippen molar-refractivity contribution in [2.24, 2.45) is 0 Å². The molecule has 21 heavy (non-hydrogen) atoms. The summed E-state index contributed by atoms with van der Waals surface area (Å²) in [5, 5.41) is 6.41. The van der Waals surface area contributed by atoms with Crippen LogP contribution in [0.2, 0.25) is 0 Å². The molecule has 112 valence electrons. The fourth-order valence-electron chi connectivity index (χ4n) is 2.04. The summed E-state index contributed by atoms with van der Waals surface area (Å²) in [5.74, 6) is -1.22. The van der Waals surface area contributed by atoms with E-state index < -0.39 is 11.6 Å². The third kappa shape index (κ3) is 3.45. The van der Waals surface area contributed by atoms with Crippen molar-refractivity contribution in [1.82, 2.24) is 10.5 Å². The second kappa shape index (κ2) is 6.03. The predicted molar refractivity (Wildman–Crippen MR) is 72.9 cm³/mol. The zero-order valence-electron chi connectivity index (χ0n) is 12.0. The van der Waals surface area contributed by atoms with E-state index in [-0.39, 0.29) is 18.4 Å². The Balaban J connectivity index is 2.13. The van der Waals surface area contributed by atoms with Gasteiger partial charge in [-0.1, -0.05) is 19.0 Å². The summed E-state index contributed by atoms with van der Waals surface area (Å²) in [6, 6.07) is 3.13. The summed E-state index contributed by atoms with van der Waals surface area (Å²) in [6.45, 7) is 5.47. The van der Waals surface area contributed by atoms with Crippen molar-refractivity contribution >= 4 is 5.91 Å². The normalized spacial score (nSPS) is 11.0. The highest BCUT2D eigenvalue weighted by Gasteiger charge is 2.22. The average Bonchev–Trinajstić information content (AvgIpc) is 2.77. The fourth-order valence-corrected chi connectivity index (χ4v) is 2.04. The third-order valence-electron chi connectivity index (χ3n) is 3.02. The Morgan fingerprint density at radius 3 is 2.48 bits per heavy atom. The van der Waals surface area contributed by atoms with Gasteiger partial charge in [-0.05, 0) is 24.6 Å². The topological polar surface area (TPSA) is 55.1 Å². The lowest BCUT2D eigenvalue weighted by Crippen LogP contribution is -2.24. The molecule has 0 atom stereocenters. The van der Waals surface area contributed by atoms with Crippen LogP contribution in [0.25, 0.3) is 0 Å². The largest absolute Gasteiger partial charge is 0.360 e. The molecule has 1 amide bonds. The number of carbonyl (C=O) groups is 1. The molecule has 6 heteroatoms. The summed E-state index contributed by atoms with van der Waals surface area (Å²) >= 11 is 0. The molecule has 2 rings (SSSR count). The smallest absolute Gasteiger partial charge is 0.257 e. The van der Waals surface area contributed by atoms with E-state index >= 15 is 0 Å². The Bertz CT molecular complexity index is 645. The molecular weight excluding hydrogens is 278 g/mol. The number of hydrogen-bond donors (Lipinski definition) is 1. The first-order valence-corrected chi connectivity index (χ1v) is 6.57. The van der Waals surface area contributed by atoms with Gasteiger partial charge in [0.15, 0.2) is 5.76 Å². The van der Waals surface area contributed by atoms with Crippen molar-refractivity contribution in [2.75, 3.05) is 0 Å². The SMILES string of the molecule is Cc1noc(C(C)C)c1C(=O)NCc1cc(F)cc(F)c1. The van der Waals surface area contributed by atoms with Gasteiger partial charge < -0.3 is 9.84 Å². The summed E-state index contributed by atoms with van der Waals surface area (Å²) in [7, 11) is 0. The van der Waals surface area contributed by atoms with E-state index in [1.54, 1.807) is 6.92 Å². The van der Waals surface area contributed by atoms with Gasteiger partial charge in [-0.3, -0.25) is 4.79 Å². The molecule has 1 aromatic carbocycles. The number of nitrogens with one attached hydrogen (secondary N) is 1. The van der Waals surface area contributed by atoms with E-state index in [4.69, 9.17) is 4.52 Å². The van der Waals surface area contributed by atoms with Crippen LogP contribution in [-0.2, 0) is 6.54 Å². The molecule has 0 saturated carbocycles. The van der Waals surface area contributed by atoms with Gasteiger partial charge in [-0.25, -0.2) is 8.78 Å². The molecule has 0 aliphatic heterocycles. The standard InChI is InChI=1S/C15H16F2N2O2/c1-8(2)14-13(9(3)19-21-14)15(20)18-7-10-4-11(16)6-12(17)5-10/h4-6,8H,7H2,1-3H3,(H,18,20). The minimum absolute atomic E-state index is 0.0126. The van der Waals surface area contributed by atoms with Gasteiger partial charge in [0.2, 0.25) is 0 Å². The van der Waals surface area contributed by atoms with Crippen LogP contribution in [0.3, 0.4) is 0 Å². The van der Waals surface area contributed by atoms with E-state index in [1.165, 1.54) is 12.1 Å². The van der Waals surface area contributed by atoms with Crippen LogP contribution in [0, 0.1) is 18.6 Å². The molecule has 4 nitrogen and oxygen atoms in total. The van der Waals surface area contributed by atoms with Gasteiger partial charge in [0, 0.05) is 18.5 Å². The van der Waals surface area contributed by atoms with Crippen LogP contribution in [0.1, 0.15) is 47.1 Å². The highest BCUT2D eigenvalue weighted by Crippen LogP contribution is 2.22. The van der Waals surface area contributed by atoms with Crippen LogP contribution in [0.15, 0.2) is 22.7 Å². The summed E-state index contributed by atoms with van der Waals surface area (Å²) in [4.78, 5) is 12.2. The molecule has 0 fully saturated rings. The second-order valence-electron chi connectivity index (χ2n) is 5.12. The minimum atomic E-state index is -0.678. The van der Waals surface area contributed by atoms with E-state index in [0.29, 0.717) is 22.6 Å². The van der Waals surface area contributed by atoms with Crippen molar-refractivity contribution in [1.29, 1.82) is 0 Å². The van der Waals surface area contributed by atoms with Crippen molar-refractivity contribution in [3.8, 4) is 0 Å². The molecule has 0 saturated heterocycles. The third-order valence-corrected chi connectivity index (χ3v) is 3.02. The monoisotopic (exact) mass is 294 g/mol. The number of nitrogens with zero attached hydrogens (tertiary/aromatic N) is 1. The minimum Gasteiger partial charge on any atom is -0.360 e. The van der Waals surface area contributed by atoms with Gasteiger partial charge in [0.1, 0.15) is 17.2 Å². The first kappa shape index (κ1) is 15.2. The lowest BCUT2D eigenvalue weighted by atomic mass is 10.0. The van der Waals surface area contributed by atoms with Crippen LogP contribution in [0.5, 0.6) is 0 Å². The van der Waals surface area contributed by atoms with Crippen molar-refractivity contribution in [3.63, 3.8) is 0 Å². The molecule has 0 aliphatic rings. The van der Waals surface area contributed by atoms with E-state index in [0.717, 1.165) is 6.07 Å². The Hall–Kier alpha value is -2.24. The molecule has 0 radical (unpaired) electrons. The molecule has 0 unspecified atom stereocenters. The summed E-state index contributed by atoms with van der Waals surface area (Å²) in [6.07, 6.45) is 0. The number of benzene rings is 1. The molecule has 1 aromatic heterocycles. The van der Waals surface area contributed by atoms with E-state index in [2.05, 4.69) is 10.5 Å². The maximum atomic E-state index is 13.1. The Kier molecular flexibility index (Phi) is 4.35. The Morgan fingerprint density at radius 2 is 1.90 bits per heavy atom. The van der Waals surface area contributed by atoms with Gasteiger partial charge in [0.25, 0.3) is 5.91 Å². The molecule has 1 heterocycles. The second-order valence-corrected chi connectivity index (χ2v) is 5.12. The fraction of sp³-hybridized carbons (Fsp3) is 0.333. The van der Waals surface area contributed by atoms with Gasteiger partial charge in [0.05, 0.1) is 5.69 Å². The highest BCUT2D eigenvalue weighted by molar-refractivity contribution is 5.96. The van der Waals surface area contributed by atoms with Crippen LogP contribution < -0.4 is 5.32 Å². The van der Waals surface area contributed by atoms with Gasteiger partial charge >= 0.3 is 0 Å². The molecular formula is C15H16F2N2O2. The van der Waals surface area contributed by atoms with Crippen LogP contribution in [-0.4, -0.2) is 11.1 Å². The predicted octanol–water partition coefficient (Wildman–Crippen LogP) is 3.31. The van der Waals surface area contributed by atoms with Gasteiger partial charge in [-0.15, -0.1) is 0 Å². The van der Waals surface area contributed by atoms with Crippen LogP contribution >= 0.6 is 0 Å². The molecule has 2 aromatic rings. The number of halogens is 2. The number of hydrogen-bond acceptors (Lipinski definition) is 3. The molecule has 1 N–H and O–H groups in total. The number of carbonyl (C=O) groups excluding carboxylic acids is 1. The highest BCUT2D eigenvalue weighted by atomic mass is 19.1. The maximum absolute atomic E-state index is 13.1. The maximum Gasteiger partial charge on any atom is 0.257 e. The lowest BCUT2D eigenvalue weighted by molar-refractivity contribution is 0.0947. The van der Waals surface area contributed by atoms with Crippen molar-refractivity contribution < 1.29 is 18.1 Å². The van der Waals surface area contributed by atoms with Crippen molar-refractivity contribution in [2.45, 2.75) is 33.2 Å². The number of aromatic nitrogens is 1. The lowest BCUT2D eigenvalue weighted by Gasteiger charge is -2.07.